The molecule has 3 rings (SSSR count). The van der Waals surface area contributed by atoms with Crippen LogP contribution in [0, 0.1) is 0 Å². The van der Waals surface area contributed by atoms with Gasteiger partial charge in [-0.2, -0.15) is 13.2 Å². The van der Waals surface area contributed by atoms with Crippen LogP contribution in [0.1, 0.15) is 16.2 Å². The number of rotatable bonds is 3. The summed E-state index contributed by atoms with van der Waals surface area (Å²) in [4.78, 5) is 16.0. The Morgan fingerprint density at radius 3 is 2.58 bits per heavy atom. The minimum atomic E-state index is -4.69. The summed E-state index contributed by atoms with van der Waals surface area (Å²) in [5, 5.41) is 0.257. The van der Waals surface area contributed by atoms with Crippen molar-refractivity contribution in [3.8, 4) is 0 Å². The standard InChI is InChI=1S/C16H12ClF3N3O/c1-22-8-11(17)7-12-14(22)21-15(16(18,19)20)23(12)9-13(24)10-5-3-2-4-6-10/h2-8H,9H2,1H3/q+1. The zero-order chi connectivity index (χ0) is 17.5. The molecule has 0 saturated carbocycles. The Labute approximate surface area is 140 Å². The first-order chi connectivity index (χ1) is 11.3. The Hall–Kier alpha value is -2.41. The topological polar surface area (TPSA) is 38.8 Å². The first kappa shape index (κ1) is 16.4. The van der Waals surface area contributed by atoms with Crippen molar-refractivity contribution < 1.29 is 22.5 Å². The Morgan fingerprint density at radius 2 is 1.96 bits per heavy atom. The van der Waals surface area contributed by atoms with E-state index in [0.717, 1.165) is 4.57 Å². The van der Waals surface area contributed by atoms with E-state index < -0.39 is 24.3 Å². The van der Waals surface area contributed by atoms with E-state index in [2.05, 4.69) is 4.98 Å². The number of imidazole rings is 1. The predicted molar refractivity (Wildman–Crippen MR) is 81.7 cm³/mol. The maximum absolute atomic E-state index is 13.3. The van der Waals surface area contributed by atoms with Crippen molar-refractivity contribution in [2.75, 3.05) is 0 Å². The summed E-state index contributed by atoms with van der Waals surface area (Å²) in [6, 6.07) is 9.52. The summed E-state index contributed by atoms with van der Waals surface area (Å²) in [5.74, 6) is -1.57. The maximum atomic E-state index is 13.3. The van der Waals surface area contributed by atoms with Crippen molar-refractivity contribution >= 4 is 28.5 Å². The van der Waals surface area contributed by atoms with Gasteiger partial charge in [0, 0.05) is 5.56 Å². The molecule has 0 atom stereocenters. The molecular weight excluding hydrogens is 343 g/mol. The monoisotopic (exact) mass is 354 g/mol. The summed E-state index contributed by atoms with van der Waals surface area (Å²) in [5.41, 5.74) is 0.591. The van der Waals surface area contributed by atoms with Crippen molar-refractivity contribution in [2.45, 2.75) is 12.7 Å². The highest BCUT2D eigenvalue weighted by Crippen LogP contribution is 2.31. The van der Waals surface area contributed by atoms with E-state index >= 15 is 0 Å². The smallest absolute Gasteiger partial charge is 0.292 e. The van der Waals surface area contributed by atoms with Crippen molar-refractivity contribution in [2.24, 2.45) is 7.05 Å². The van der Waals surface area contributed by atoms with Gasteiger partial charge in [0.25, 0.3) is 0 Å². The molecule has 0 amide bonds. The lowest BCUT2D eigenvalue weighted by atomic mass is 10.1. The van der Waals surface area contributed by atoms with Gasteiger partial charge in [0.15, 0.2) is 5.78 Å². The number of hydrogen-bond donors (Lipinski definition) is 0. The minimum absolute atomic E-state index is 0.104. The van der Waals surface area contributed by atoms with Crippen LogP contribution in [0.25, 0.3) is 11.2 Å². The fourth-order valence-electron chi connectivity index (χ4n) is 2.50. The largest absolute Gasteiger partial charge is 0.475 e. The molecule has 0 saturated heterocycles. The van der Waals surface area contributed by atoms with Gasteiger partial charge in [-0.05, 0) is 11.1 Å². The molecule has 1 aromatic carbocycles. The Morgan fingerprint density at radius 1 is 1.29 bits per heavy atom. The summed E-state index contributed by atoms with van der Waals surface area (Å²) >= 11 is 5.94. The van der Waals surface area contributed by atoms with Gasteiger partial charge in [-0.3, -0.25) is 9.36 Å². The second-order valence-electron chi connectivity index (χ2n) is 5.29. The third-order valence-corrected chi connectivity index (χ3v) is 3.77. The number of pyridine rings is 1. The zero-order valence-corrected chi connectivity index (χ0v) is 13.3. The van der Waals surface area contributed by atoms with Crippen molar-refractivity contribution in [3.05, 3.63) is 59.0 Å². The van der Waals surface area contributed by atoms with Crippen molar-refractivity contribution in [1.29, 1.82) is 0 Å². The molecular formula is C16H12ClF3N3O+. The lowest BCUT2D eigenvalue weighted by Gasteiger charge is -2.08. The third kappa shape index (κ3) is 2.99. The van der Waals surface area contributed by atoms with Gasteiger partial charge in [-0.25, -0.2) is 4.57 Å². The van der Waals surface area contributed by atoms with Gasteiger partial charge in [-0.1, -0.05) is 41.9 Å². The van der Waals surface area contributed by atoms with E-state index in [1.165, 1.54) is 16.8 Å². The number of alkyl halides is 3. The average Bonchev–Trinajstić information content (AvgIpc) is 2.87. The number of Topliss-reactive ketones (excluding diaryl/α,β-unsaturated/α-hetero) is 1. The highest BCUT2D eigenvalue weighted by molar-refractivity contribution is 6.30. The number of benzene rings is 1. The second-order valence-corrected chi connectivity index (χ2v) is 5.72. The molecule has 0 unspecified atom stereocenters. The molecule has 0 fully saturated rings. The number of carbonyl (C=O) groups is 1. The van der Waals surface area contributed by atoms with Crippen LogP contribution < -0.4 is 4.57 Å². The molecule has 8 heteroatoms. The van der Waals surface area contributed by atoms with E-state index in [1.54, 1.807) is 37.4 Å². The SMILES string of the molecule is C[n+]1cc(Cl)cc2c1nc(C(F)(F)F)n2CC(=O)c1ccccc1. The first-order valence-corrected chi connectivity index (χ1v) is 7.36. The molecule has 0 N–H and O–H groups in total. The number of nitrogens with zero attached hydrogens (tertiary/aromatic N) is 3. The fourth-order valence-corrected chi connectivity index (χ4v) is 2.75. The van der Waals surface area contributed by atoms with Gasteiger partial charge in [-0.15, -0.1) is 0 Å². The maximum Gasteiger partial charge on any atom is 0.475 e. The molecule has 0 spiro atoms. The number of hydrogen-bond acceptors (Lipinski definition) is 2. The molecule has 2 aromatic heterocycles. The molecule has 3 aromatic rings. The highest BCUT2D eigenvalue weighted by atomic mass is 35.5. The lowest BCUT2D eigenvalue weighted by molar-refractivity contribution is -0.646. The van der Waals surface area contributed by atoms with Gasteiger partial charge in [0.2, 0.25) is 0 Å². The first-order valence-electron chi connectivity index (χ1n) is 6.98. The van der Waals surface area contributed by atoms with Crippen LogP contribution >= 0.6 is 11.6 Å². The number of carbonyl (C=O) groups excluding carboxylic acids is 1. The molecule has 24 heavy (non-hydrogen) atoms. The Kier molecular flexibility index (Phi) is 4.04. The average molecular weight is 355 g/mol. The van der Waals surface area contributed by atoms with Crippen LogP contribution in [0.4, 0.5) is 13.2 Å². The summed E-state index contributed by atoms with van der Waals surface area (Å²) in [6.45, 7) is -0.476. The van der Waals surface area contributed by atoms with Crippen LogP contribution in [0.15, 0.2) is 42.6 Å². The fraction of sp³-hybridized carbons (Fsp3) is 0.188. The summed E-state index contributed by atoms with van der Waals surface area (Å²) in [6.07, 6.45) is -3.23. The van der Waals surface area contributed by atoms with Gasteiger partial charge >= 0.3 is 17.6 Å². The number of ketones is 1. The zero-order valence-electron chi connectivity index (χ0n) is 12.5. The van der Waals surface area contributed by atoms with E-state index in [9.17, 15) is 18.0 Å². The van der Waals surface area contributed by atoms with E-state index in [0.29, 0.717) is 5.56 Å². The summed E-state index contributed by atoms with van der Waals surface area (Å²) < 4.78 is 42.3. The molecule has 2 heterocycles. The molecule has 0 aliphatic carbocycles. The molecule has 0 radical (unpaired) electrons. The van der Waals surface area contributed by atoms with E-state index in [4.69, 9.17) is 11.6 Å². The highest BCUT2D eigenvalue weighted by Gasteiger charge is 2.44. The Bertz CT molecular complexity index is 920. The van der Waals surface area contributed by atoms with Gasteiger partial charge < -0.3 is 0 Å². The number of halogens is 4. The normalized spacial score (nSPS) is 11.9. The van der Waals surface area contributed by atoms with Crippen LogP contribution in [-0.4, -0.2) is 15.3 Å². The second kappa shape index (κ2) is 5.90. The van der Waals surface area contributed by atoms with Gasteiger partial charge in [0.05, 0.1) is 18.6 Å². The van der Waals surface area contributed by atoms with Crippen LogP contribution in [0.3, 0.4) is 0 Å². The number of aryl methyl sites for hydroxylation is 1. The molecule has 124 valence electrons. The van der Waals surface area contributed by atoms with Gasteiger partial charge in [0.1, 0.15) is 11.7 Å². The molecule has 0 aliphatic heterocycles. The Balaban J connectivity index is 2.16. The minimum Gasteiger partial charge on any atom is -0.292 e. The van der Waals surface area contributed by atoms with E-state index in [1.807, 2.05) is 0 Å². The predicted octanol–water partition coefficient (Wildman–Crippen LogP) is 3.42. The molecule has 4 nitrogen and oxygen atoms in total. The quantitative estimate of drug-likeness (QED) is 0.534. The number of fused-ring (bicyclic) bond motifs is 1. The van der Waals surface area contributed by atoms with Crippen LogP contribution in [0.5, 0.6) is 0 Å². The lowest BCUT2D eigenvalue weighted by Crippen LogP contribution is -2.28. The summed E-state index contributed by atoms with van der Waals surface area (Å²) in [7, 11) is 1.55. The number of aromatic nitrogens is 3. The van der Waals surface area contributed by atoms with E-state index in [-0.39, 0.29) is 16.2 Å². The van der Waals surface area contributed by atoms with Crippen LogP contribution in [-0.2, 0) is 19.8 Å². The molecule has 0 bridgehead atoms. The van der Waals surface area contributed by atoms with Crippen molar-refractivity contribution in [3.63, 3.8) is 0 Å². The van der Waals surface area contributed by atoms with Crippen molar-refractivity contribution in [1.82, 2.24) is 9.55 Å². The van der Waals surface area contributed by atoms with Crippen LogP contribution in [0.2, 0.25) is 5.02 Å². The third-order valence-electron chi connectivity index (χ3n) is 3.56. The molecule has 0 aliphatic rings.